The minimum atomic E-state index is -0.427. The molecule has 0 bridgehead atoms. The number of hydrogen-bond donors (Lipinski definition) is 0. The maximum absolute atomic E-state index is 13.7. The number of thiazole rings is 1. The van der Waals surface area contributed by atoms with Crippen LogP contribution in [0.5, 0.6) is 5.75 Å². The summed E-state index contributed by atoms with van der Waals surface area (Å²) in [5.74, 6) is 0.504. The van der Waals surface area contributed by atoms with Crippen molar-refractivity contribution in [3.05, 3.63) is 57.5 Å². The molecule has 2 heterocycles. The summed E-state index contributed by atoms with van der Waals surface area (Å²) in [5, 5.41) is 12.4. The SMILES string of the molecule is CCN(CC)CCN(C(=O)c1cc2cc([N+](=O)[O-])ccc2s1)c1nc2c(OC)cccc2s1.Cl. The van der Waals surface area contributed by atoms with E-state index in [-0.39, 0.29) is 24.0 Å². The van der Waals surface area contributed by atoms with Gasteiger partial charge in [0, 0.05) is 35.3 Å². The molecule has 4 aromatic rings. The molecule has 0 aliphatic rings. The van der Waals surface area contributed by atoms with E-state index in [0.29, 0.717) is 34.2 Å². The average molecular weight is 521 g/mol. The number of methoxy groups -OCH3 is 1. The molecule has 4 rings (SSSR count). The molecule has 0 spiro atoms. The molecular weight excluding hydrogens is 496 g/mol. The molecule has 0 atom stereocenters. The van der Waals surface area contributed by atoms with Crippen molar-refractivity contribution in [1.29, 1.82) is 0 Å². The Kier molecular flexibility index (Phi) is 8.42. The Morgan fingerprint density at radius 2 is 1.85 bits per heavy atom. The summed E-state index contributed by atoms with van der Waals surface area (Å²) in [6, 6.07) is 12.1. The molecule has 0 saturated heterocycles. The minimum absolute atomic E-state index is 0. The number of thiophene rings is 1. The van der Waals surface area contributed by atoms with Crippen LogP contribution < -0.4 is 9.64 Å². The summed E-state index contributed by atoms with van der Waals surface area (Å²) >= 11 is 2.78. The number of likely N-dealkylation sites (N-methyl/N-ethyl adjacent to an activating group) is 1. The minimum Gasteiger partial charge on any atom is -0.494 e. The molecule has 0 radical (unpaired) electrons. The van der Waals surface area contributed by atoms with Crippen molar-refractivity contribution >= 4 is 72.1 Å². The third-order valence-electron chi connectivity index (χ3n) is 5.52. The van der Waals surface area contributed by atoms with Crippen molar-refractivity contribution in [2.24, 2.45) is 0 Å². The van der Waals surface area contributed by atoms with E-state index in [4.69, 9.17) is 9.72 Å². The van der Waals surface area contributed by atoms with E-state index in [1.54, 1.807) is 24.1 Å². The van der Waals surface area contributed by atoms with Gasteiger partial charge in [-0.15, -0.1) is 23.7 Å². The van der Waals surface area contributed by atoms with Crippen molar-refractivity contribution < 1.29 is 14.5 Å². The summed E-state index contributed by atoms with van der Waals surface area (Å²) in [6.07, 6.45) is 0. The molecule has 2 aromatic heterocycles. The van der Waals surface area contributed by atoms with Gasteiger partial charge in [-0.05, 0) is 37.4 Å². The van der Waals surface area contributed by atoms with Gasteiger partial charge in [0.1, 0.15) is 11.3 Å². The lowest BCUT2D eigenvalue weighted by atomic mass is 10.2. The number of rotatable bonds is 9. The highest BCUT2D eigenvalue weighted by Crippen LogP contribution is 2.36. The Morgan fingerprint density at radius 1 is 1.09 bits per heavy atom. The number of nitrogens with zero attached hydrogens (tertiary/aromatic N) is 4. The molecule has 8 nitrogen and oxygen atoms in total. The first-order valence-corrected chi connectivity index (χ1v) is 12.2. The molecule has 0 aliphatic carbocycles. The Morgan fingerprint density at radius 3 is 2.53 bits per heavy atom. The number of aromatic nitrogens is 1. The van der Waals surface area contributed by atoms with Crippen LogP contribution in [0, 0.1) is 10.1 Å². The van der Waals surface area contributed by atoms with Gasteiger partial charge in [0.25, 0.3) is 11.6 Å². The van der Waals surface area contributed by atoms with Crippen LogP contribution in [-0.2, 0) is 0 Å². The van der Waals surface area contributed by atoms with Crippen LogP contribution in [0.3, 0.4) is 0 Å². The second kappa shape index (κ2) is 11.1. The number of anilines is 1. The van der Waals surface area contributed by atoms with Gasteiger partial charge >= 0.3 is 0 Å². The molecule has 0 aliphatic heterocycles. The summed E-state index contributed by atoms with van der Waals surface area (Å²) < 4.78 is 7.22. The number of amides is 1. The Bertz CT molecular complexity index is 1320. The molecule has 1 amide bonds. The van der Waals surface area contributed by atoms with Gasteiger partial charge in [-0.2, -0.15) is 0 Å². The van der Waals surface area contributed by atoms with Crippen LogP contribution in [0.1, 0.15) is 23.5 Å². The first-order chi connectivity index (χ1) is 15.9. The highest BCUT2D eigenvalue weighted by molar-refractivity contribution is 7.23. The Hall–Kier alpha value is -2.79. The monoisotopic (exact) mass is 520 g/mol. The standard InChI is InChI=1S/C23H24N4O4S2.ClH/c1-4-25(5-2)11-12-26(23-24-21-17(31-3)7-6-8-19(21)33-23)22(28)20-14-15-13-16(27(29)30)9-10-18(15)32-20;/h6-10,13-14H,4-5,11-12H2,1-3H3;1H. The van der Waals surface area contributed by atoms with Crippen molar-refractivity contribution in [2.75, 3.05) is 38.2 Å². The second-order valence-electron chi connectivity index (χ2n) is 7.38. The molecule has 0 unspecified atom stereocenters. The van der Waals surface area contributed by atoms with E-state index < -0.39 is 4.92 Å². The van der Waals surface area contributed by atoms with Gasteiger partial charge in [0.2, 0.25) is 0 Å². The van der Waals surface area contributed by atoms with Gasteiger partial charge in [0.05, 0.1) is 21.6 Å². The van der Waals surface area contributed by atoms with Gasteiger partial charge < -0.3 is 9.64 Å². The number of fused-ring (bicyclic) bond motifs is 2. The number of carbonyl (C=O) groups excluding carboxylic acids is 1. The smallest absolute Gasteiger partial charge is 0.270 e. The van der Waals surface area contributed by atoms with Crippen molar-refractivity contribution in [3.63, 3.8) is 0 Å². The number of para-hydroxylation sites is 1. The van der Waals surface area contributed by atoms with Crippen LogP contribution in [0.25, 0.3) is 20.3 Å². The van der Waals surface area contributed by atoms with Crippen LogP contribution >= 0.6 is 35.1 Å². The third-order valence-corrected chi connectivity index (χ3v) is 7.67. The quantitative estimate of drug-likeness (QED) is 0.203. The number of carbonyl (C=O) groups is 1. The lowest BCUT2D eigenvalue weighted by molar-refractivity contribution is -0.384. The third kappa shape index (κ3) is 5.15. The normalized spacial score (nSPS) is 11.1. The second-order valence-corrected chi connectivity index (χ2v) is 9.47. The van der Waals surface area contributed by atoms with Crippen LogP contribution in [0.15, 0.2) is 42.5 Å². The van der Waals surface area contributed by atoms with Crippen LogP contribution in [0.2, 0.25) is 0 Å². The largest absolute Gasteiger partial charge is 0.494 e. The first-order valence-electron chi connectivity index (χ1n) is 10.6. The lowest BCUT2D eigenvalue weighted by Gasteiger charge is -2.24. The fourth-order valence-electron chi connectivity index (χ4n) is 3.64. The molecule has 34 heavy (non-hydrogen) atoms. The van der Waals surface area contributed by atoms with E-state index in [1.165, 1.54) is 34.8 Å². The predicted octanol–water partition coefficient (Wildman–Crippen LogP) is 5.84. The topological polar surface area (TPSA) is 88.8 Å². The molecule has 0 fully saturated rings. The van der Waals surface area contributed by atoms with E-state index in [2.05, 4.69) is 18.7 Å². The zero-order chi connectivity index (χ0) is 23.5. The number of ether oxygens (including phenoxy) is 1. The molecule has 11 heteroatoms. The first kappa shape index (κ1) is 25.8. The molecular formula is C23H25ClN4O4S2. The molecule has 2 aromatic carbocycles. The average Bonchev–Trinajstić information content (AvgIpc) is 3.45. The van der Waals surface area contributed by atoms with Crippen molar-refractivity contribution in [2.45, 2.75) is 13.8 Å². The van der Waals surface area contributed by atoms with E-state index >= 15 is 0 Å². The molecule has 0 saturated carbocycles. The van der Waals surface area contributed by atoms with Crippen molar-refractivity contribution in [3.8, 4) is 5.75 Å². The van der Waals surface area contributed by atoms with Gasteiger partial charge in [-0.1, -0.05) is 31.3 Å². The number of non-ortho nitro benzene ring substituents is 1. The fraction of sp³-hybridized carbons (Fsp3) is 0.304. The Balaban J connectivity index is 0.00000324. The summed E-state index contributed by atoms with van der Waals surface area (Å²) in [6.45, 7) is 7.16. The van der Waals surface area contributed by atoms with Crippen LogP contribution in [-0.4, -0.2) is 54.0 Å². The zero-order valence-electron chi connectivity index (χ0n) is 19.0. The molecule has 0 N–H and O–H groups in total. The summed E-state index contributed by atoms with van der Waals surface area (Å²) in [7, 11) is 1.60. The van der Waals surface area contributed by atoms with E-state index in [9.17, 15) is 14.9 Å². The van der Waals surface area contributed by atoms with E-state index in [0.717, 1.165) is 28.0 Å². The number of halogens is 1. The number of nitro benzene ring substituents is 1. The fourth-order valence-corrected chi connectivity index (χ4v) is 5.64. The van der Waals surface area contributed by atoms with Gasteiger partial charge in [0.15, 0.2) is 5.13 Å². The van der Waals surface area contributed by atoms with Gasteiger partial charge in [-0.25, -0.2) is 4.98 Å². The van der Waals surface area contributed by atoms with Gasteiger partial charge in [-0.3, -0.25) is 19.8 Å². The zero-order valence-corrected chi connectivity index (χ0v) is 21.5. The maximum atomic E-state index is 13.7. The van der Waals surface area contributed by atoms with Crippen LogP contribution in [0.4, 0.5) is 10.8 Å². The predicted molar refractivity (Wildman–Crippen MR) is 141 cm³/mol. The highest BCUT2D eigenvalue weighted by Gasteiger charge is 2.24. The molecule has 180 valence electrons. The van der Waals surface area contributed by atoms with Crippen molar-refractivity contribution in [1.82, 2.24) is 9.88 Å². The number of nitro groups is 1. The Labute approximate surface area is 211 Å². The number of hydrogen-bond acceptors (Lipinski definition) is 8. The lowest BCUT2D eigenvalue weighted by Crippen LogP contribution is -2.38. The summed E-state index contributed by atoms with van der Waals surface area (Å²) in [5.41, 5.74) is 0.739. The number of benzene rings is 2. The van der Waals surface area contributed by atoms with E-state index in [1.807, 2.05) is 18.2 Å². The summed E-state index contributed by atoms with van der Waals surface area (Å²) in [4.78, 5) is 33.6. The maximum Gasteiger partial charge on any atom is 0.270 e. The highest BCUT2D eigenvalue weighted by atomic mass is 35.5.